The van der Waals surface area contributed by atoms with E-state index < -0.39 is 0 Å². The number of rotatable bonds is 1. The van der Waals surface area contributed by atoms with E-state index in [4.69, 9.17) is 0 Å². The topological polar surface area (TPSA) is 20.3 Å². The first kappa shape index (κ1) is 12.2. The van der Waals surface area contributed by atoms with Crippen molar-refractivity contribution in [2.24, 2.45) is 0 Å². The van der Waals surface area contributed by atoms with Crippen LogP contribution in [-0.2, 0) is 12.8 Å². The van der Waals surface area contributed by atoms with Crippen molar-refractivity contribution in [1.82, 2.24) is 4.90 Å². The largest absolute Gasteiger partial charge is 0.339 e. The van der Waals surface area contributed by atoms with Crippen LogP contribution in [0.5, 0.6) is 0 Å². The van der Waals surface area contributed by atoms with Gasteiger partial charge in [-0.15, -0.1) is 0 Å². The zero-order valence-corrected chi connectivity index (χ0v) is 12.1. The van der Waals surface area contributed by atoms with Gasteiger partial charge in [0.25, 0.3) is 5.91 Å². The molecular weight excluding hydrogens is 290 g/mol. The van der Waals surface area contributed by atoms with Gasteiger partial charge >= 0.3 is 0 Å². The fourth-order valence-electron chi connectivity index (χ4n) is 2.94. The molecular formula is C15H18BrNO. The Hall–Kier alpha value is -0.830. The molecule has 1 aliphatic heterocycles. The maximum atomic E-state index is 12.4. The molecule has 0 bridgehead atoms. The van der Waals surface area contributed by atoms with Gasteiger partial charge in [0.2, 0.25) is 0 Å². The monoisotopic (exact) mass is 307 g/mol. The van der Waals surface area contributed by atoms with Crippen molar-refractivity contribution in [3.05, 3.63) is 34.9 Å². The smallest absolute Gasteiger partial charge is 0.253 e. The summed E-state index contributed by atoms with van der Waals surface area (Å²) in [6.45, 7) is 1.76. The zero-order valence-electron chi connectivity index (χ0n) is 10.5. The molecule has 1 aromatic carbocycles. The Morgan fingerprint density at radius 1 is 1.17 bits per heavy atom. The van der Waals surface area contributed by atoms with Crippen molar-refractivity contribution in [2.75, 3.05) is 13.1 Å². The van der Waals surface area contributed by atoms with Crippen LogP contribution < -0.4 is 0 Å². The van der Waals surface area contributed by atoms with Gasteiger partial charge in [-0.3, -0.25) is 4.79 Å². The number of piperidine rings is 1. The molecule has 1 saturated heterocycles. The first-order chi connectivity index (χ1) is 8.74. The summed E-state index contributed by atoms with van der Waals surface area (Å²) in [5.74, 6) is 0.212. The second-order valence-electron chi connectivity index (χ2n) is 5.30. The van der Waals surface area contributed by atoms with Crippen LogP contribution in [0.2, 0.25) is 0 Å². The van der Waals surface area contributed by atoms with E-state index >= 15 is 0 Å². The summed E-state index contributed by atoms with van der Waals surface area (Å²) < 4.78 is 0. The van der Waals surface area contributed by atoms with E-state index in [9.17, 15) is 4.79 Å². The second-order valence-corrected chi connectivity index (χ2v) is 6.60. The number of hydrogen-bond acceptors (Lipinski definition) is 1. The maximum absolute atomic E-state index is 12.4. The van der Waals surface area contributed by atoms with E-state index in [0.717, 1.165) is 37.9 Å². The first-order valence-electron chi connectivity index (χ1n) is 6.79. The molecule has 0 spiro atoms. The molecule has 0 unspecified atom stereocenters. The lowest BCUT2D eigenvalue weighted by Gasteiger charge is -2.29. The number of alkyl halides is 1. The molecule has 1 aliphatic carbocycles. The molecule has 0 saturated carbocycles. The van der Waals surface area contributed by atoms with Crippen LogP contribution in [0.4, 0.5) is 0 Å². The number of nitrogens with zero attached hydrogens (tertiary/aromatic N) is 1. The van der Waals surface area contributed by atoms with Gasteiger partial charge in [0.1, 0.15) is 0 Å². The third-order valence-electron chi connectivity index (χ3n) is 4.06. The van der Waals surface area contributed by atoms with Crippen LogP contribution >= 0.6 is 15.9 Å². The normalized spacial score (nSPS) is 19.9. The Kier molecular flexibility index (Phi) is 3.42. The molecule has 0 atom stereocenters. The van der Waals surface area contributed by atoms with E-state index in [2.05, 4.69) is 28.1 Å². The standard InChI is InChI=1S/C15H18BrNO/c16-14-6-8-17(9-7-14)15(18)13-5-4-11-2-1-3-12(11)10-13/h4-5,10,14H,1-3,6-9H2. The number of benzene rings is 1. The summed E-state index contributed by atoms with van der Waals surface area (Å²) in [5, 5.41) is 0. The molecule has 0 N–H and O–H groups in total. The van der Waals surface area contributed by atoms with E-state index in [1.165, 1.54) is 24.0 Å². The molecule has 2 aliphatic rings. The lowest BCUT2D eigenvalue weighted by Crippen LogP contribution is -2.38. The predicted molar refractivity (Wildman–Crippen MR) is 76.3 cm³/mol. The lowest BCUT2D eigenvalue weighted by molar-refractivity contribution is 0.0728. The van der Waals surface area contributed by atoms with E-state index in [1.807, 2.05) is 11.0 Å². The minimum Gasteiger partial charge on any atom is -0.339 e. The van der Waals surface area contributed by atoms with Gasteiger partial charge in [0.15, 0.2) is 0 Å². The van der Waals surface area contributed by atoms with Gasteiger partial charge in [-0.25, -0.2) is 0 Å². The van der Waals surface area contributed by atoms with Crippen molar-refractivity contribution in [2.45, 2.75) is 36.9 Å². The number of hydrogen-bond donors (Lipinski definition) is 0. The van der Waals surface area contributed by atoms with Crippen molar-refractivity contribution in [3.8, 4) is 0 Å². The Labute approximate surface area is 116 Å². The first-order valence-corrected chi connectivity index (χ1v) is 7.71. The Balaban J connectivity index is 1.76. The summed E-state index contributed by atoms with van der Waals surface area (Å²) in [6, 6.07) is 6.27. The fourth-order valence-corrected chi connectivity index (χ4v) is 3.35. The predicted octanol–water partition coefficient (Wildman–Crippen LogP) is 3.17. The summed E-state index contributed by atoms with van der Waals surface area (Å²) in [5.41, 5.74) is 3.70. The highest BCUT2D eigenvalue weighted by atomic mass is 79.9. The number of carbonyl (C=O) groups excluding carboxylic acids is 1. The third kappa shape index (κ3) is 2.33. The Bertz CT molecular complexity index is 464. The zero-order chi connectivity index (χ0) is 12.5. The van der Waals surface area contributed by atoms with Crippen molar-refractivity contribution >= 4 is 21.8 Å². The molecule has 1 amide bonds. The van der Waals surface area contributed by atoms with Crippen LogP contribution in [0.3, 0.4) is 0 Å². The molecule has 0 radical (unpaired) electrons. The molecule has 96 valence electrons. The summed E-state index contributed by atoms with van der Waals surface area (Å²) in [4.78, 5) is 15.0. The van der Waals surface area contributed by atoms with Gasteiger partial charge in [0.05, 0.1) is 0 Å². The molecule has 3 heteroatoms. The summed E-state index contributed by atoms with van der Waals surface area (Å²) >= 11 is 3.62. The molecule has 1 fully saturated rings. The molecule has 1 heterocycles. The number of likely N-dealkylation sites (tertiary alicyclic amines) is 1. The van der Waals surface area contributed by atoms with Crippen LogP contribution in [0.15, 0.2) is 18.2 Å². The van der Waals surface area contributed by atoms with E-state index in [-0.39, 0.29) is 5.91 Å². The molecule has 1 aromatic rings. The number of amides is 1. The van der Waals surface area contributed by atoms with Crippen molar-refractivity contribution in [3.63, 3.8) is 0 Å². The summed E-state index contributed by atoms with van der Waals surface area (Å²) in [6.07, 6.45) is 5.69. The van der Waals surface area contributed by atoms with Crippen LogP contribution in [0.1, 0.15) is 40.7 Å². The van der Waals surface area contributed by atoms with Gasteiger partial charge in [-0.2, -0.15) is 0 Å². The second kappa shape index (κ2) is 5.04. The maximum Gasteiger partial charge on any atom is 0.253 e. The molecule has 0 aromatic heterocycles. The number of fused-ring (bicyclic) bond motifs is 1. The fraction of sp³-hybridized carbons (Fsp3) is 0.533. The molecule has 18 heavy (non-hydrogen) atoms. The summed E-state index contributed by atoms with van der Waals surface area (Å²) in [7, 11) is 0. The number of aryl methyl sites for hydroxylation is 2. The van der Waals surface area contributed by atoms with Crippen LogP contribution in [0.25, 0.3) is 0 Å². The van der Waals surface area contributed by atoms with Crippen LogP contribution in [-0.4, -0.2) is 28.7 Å². The SMILES string of the molecule is O=C(c1ccc2c(c1)CCC2)N1CCC(Br)CC1. The third-order valence-corrected chi connectivity index (χ3v) is 4.97. The average Bonchev–Trinajstić information content (AvgIpc) is 2.86. The number of carbonyl (C=O) groups is 1. The quantitative estimate of drug-likeness (QED) is 0.730. The Morgan fingerprint density at radius 2 is 1.89 bits per heavy atom. The van der Waals surface area contributed by atoms with Gasteiger partial charge in [0, 0.05) is 23.5 Å². The Morgan fingerprint density at radius 3 is 2.67 bits per heavy atom. The highest BCUT2D eigenvalue weighted by Crippen LogP contribution is 2.24. The number of halogens is 1. The van der Waals surface area contributed by atoms with Crippen LogP contribution in [0, 0.1) is 0 Å². The molecule has 3 rings (SSSR count). The highest BCUT2D eigenvalue weighted by Gasteiger charge is 2.23. The average molecular weight is 308 g/mol. The minimum atomic E-state index is 0.212. The van der Waals surface area contributed by atoms with E-state index in [0.29, 0.717) is 4.83 Å². The van der Waals surface area contributed by atoms with Crippen molar-refractivity contribution in [1.29, 1.82) is 0 Å². The van der Waals surface area contributed by atoms with E-state index in [1.54, 1.807) is 0 Å². The van der Waals surface area contributed by atoms with Gasteiger partial charge in [-0.05, 0) is 55.4 Å². The lowest BCUT2D eigenvalue weighted by atomic mass is 10.0. The minimum absolute atomic E-state index is 0.212. The van der Waals surface area contributed by atoms with Gasteiger partial charge < -0.3 is 4.90 Å². The molecule has 2 nitrogen and oxygen atoms in total. The van der Waals surface area contributed by atoms with Gasteiger partial charge in [-0.1, -0.05) is 22.0 Å². The highest BCUT2D eigenvalue weighted by molar-refractivity contribution is 9.09. The van der Waals surface area contributed by atoms with Crippen molar-refractivity contribution < 1.29 is 4.79 Å².